The summed E-state index contributed by atoms with van der Waals surface area (Å²) in [6.45, 7) is 0. The number of carbonyl (C=O) groups is 4. The van der Waals surface area contributed by atoms with Crippen molar-refractivity contribution >= 4 is 31.2 Å². The minimum absolute atomic E-state index is 0.127. The van der Waals surface area contributed by atoms with E-state index in [1.54, 1.807) is 0 Å². The van der Waals surface area contributed by atoms with Crippen LogP contribution in [-0.4, -0.2) is 40.8 Å². The molecule has 0 radical (unpaired) electrons. The molecular weight excluding hydrogens is 319 g/mol. The lowest BCUT2D eigenvalue weighted by Gasteiger charge is -2.22. The van der Waals surface area contributed by atoms with Gasteiger partial charge in [0, 0.05) is 0 Å². The van der Waals surface area contributed by atoms with E-state index in [0.29, 0.717) is 0 Å². The van der Waals surface area contributed by atoms with Crippen LogP contribution in [0.5, 0.6) is 0 Å². The van der Waals surface area contributed by atoms with Crippen molar-refractivity contribution in [3.63, 3.8) is 0 Å². The molecule has 0 aromatic heterocycles. The first-order valence-electron chi connectivity index (χ1n) is 9.76. The fraction of sp³-hybridized carbons (Fsp3) is 0.778. The largest absolute Gasteiger partial charge is 0.376 e. The molecule has 0 aromatic rings. The van der Waals surface area contributed by atoms with Crippen LogP contribution in [0.2, 0.25) is 0 Å². The highest BCUT2D eigenvalue weighted by Crippen LogP contribution is 2.57. The van der Waals surface area contributed by atoms with Crippen molar-refractivity contribution in [2.24, 2.45) is 47.3 Å². The molecule has 130 valence electrons. The SMILES string of the molecule is O=C1C2C3CCC4CC5CCC(C3)C2C(=O)N1BN1C(=O)C4C5C1=O. The first kappa shape index (κ1) is 14.5. The molecule has 8 atom stereocenters. The van der Waals surface area contributed by atoms with Gasteiger partial charge in [0.25, 0.3) is 0 Å². The van der Waals surface area contributed by atoms with E-state index in [0.717, 1.165) is 38.5 Å². The lowest BCUT2D eigenvalue weighted by Crippen LogP contribution is -2.49. The molecular formula is C18H21BN2O4. The third-order valence-corrected chi connectivity index (χ3v) is 8.32. The number of hydrogen-bond donors (Lipinski definition) is 0. The highest BCUT2D eigenvalue weighted by molar-refractivity contribution is 6.49. The summed E-state index contributed by atoms with van der Waals surface area (Å²) >= 11 is 0. The molecule has 3 aliphatic carbocycles. The van der Waals surface area contributed by atoms with Crippen LogP contribution in [0.4, 0.5) is 0 Å². The Labute approximate surface area is 146 Å². The fourth-order valence-corrected chi connectivity index (χ4v) is 7.36. The molecule has 0 spiro atoms. The predicted octanol–water partition coefficient (Wildman–Crippen LogP) is 0.315. The van der Waals surface area contributed by atoms with Crippen molar-refractivity contribution < 1.29 is 19.2 Å². The van der Waals surface area contributed by atoms with Crippen molar-refractivity contribution in [1.29, 1.82) is 0 Å². The van der Waals surface area contributed by atoms with E-state index in [4.69, 9.17) is 0 Å². The maximum Gasteiger partial charge on any atom is 0.376 e. The van der Waals surface area contributed by atoms with E-state index in [2.05, 4.69) is 0 Å². The van der Waals surface area contributed by atoms with Crippen molar-refractivity contribution in [2.45, 2.75) is 38.5 Å². The third-order valence-electron chi connectivity index (χ3n) is 8.32. The smallest absolute Gasteiger partial charge is 0.309 e. The summed E-state index contributed by atoms with van der Waals surface area (Å²) in [5.41, 5.74) is 0. The Balaban J connectivity index is 1.55. The Morgan fingerprint density at radius 3 is 1.12 bits per heavy atom. The number of amides is 4. The van der Waals surface area contributed by atoms with Gasteiger partial charge >= 0.3 is 7.55 Å². The summed E-state index contributed by atoms with van der Waals surface area (Å²) in [5, 5.41) is 0. The standard InChI is InChI=1S/C18H21BN2O4/c22-15-11-7-1-2-8-6-10-4-3-9(5-7)13(11)17(24)20(15)19-21-16(23)12(8)14(10)18(21)25/h7-14,19H,1-6H2. The minimum atomic E-state index is -0.201. The quantitative estimate of drug-likeness (QED) is 0.470. The first-order chi connectivity index (χ1) is 12.1. The summed E-state index contributed by atoms with van der Waals surface area (Å²) in [6, 6.07) is 0. The number of rotatable bonds is 0. The van der Waals surface area contributed by atoms with E-state index in [-0.39, 0.29) is 78.5 Å². The Morgan fingerprint density at radius 2 is 0.840 bits per heavy atom. The van der Waals surface area contributed by atoms with Crippen molar-refractivity contribution in [3.05, 3.63) is 0 Å². The Kier molecular flexibility index (Phi) is 2.64. The molecule has 4 heterocycles. The van der Waals surface area contributed by atoms with Gasteiger partial charge in [-0.2, -0.15) is 0 Å². The number of fused-ring (bicyclic) bond motifs is 2. The van der Waals surface area contributed by atoms with Gasteiger partial charge in [-0.1, -0.05) is 0 Å². The molecule has 4 amide bonds. The van der Waals surface area contributed by atoms with E-state index < -0.39 is 0 Å². The third kappa shape index (κ3) is 1.59. The lowest BCUT2D eigenvalue weighted by atomic mass is 9.81. The van der Waals surface area contributed by atoms with Crippen LogP contribution in [0, 0.1) is 47.3 Å². The summed E-state index contributed by atoms with van der Waals surface area (Å²) in [4.78, 5) is 54.5. The van der Waals surface area contributed by atoms with E-state index in [9.17, 15) is 19.2 Å². The van der Waals surface area contributed by atoms with Gasteiger partial charge in [0.05, 0.1) is 23.7 Å². The number of nitrogens with zero attached hydrogens (tertiary/aromatic N) is 2. The molecule has 7 fully saturated rings. The molecule has 0 N–H and O–H groups in total. The fourth-order valence-electron chi connectivity index (χ4n) is 7.36. The molecule has 0 aromatic carbocycles. The van der Waals surface area contributed by atoms with Gasteiger partial charge in [-0.3, -0.25) is 19.2 Å². The highest BCUT2D eigenvalue weighted by atomic mass is 16.2. The second-order valence-corrected chi connectivity index (χ2v) is 9.12. The van der Waals surface area contributed by atoms with Gasteiger partial charge in [-0.15, -0.1) is 0 Å². The van der Waals surface area contributed by atoms with Crippen LogP contribution in [-0.2, 0) is 19.2 Å². The molecule has 4 saturated heterocycles. The summed E-state index contributed by atoms with van der Waals surface area (Å²) in [7, 11) is -0.131. The Morgan fingerprint density at radius 1 is 0.560 bits per heavy atom. The molecule has 3 saturated carbocycles. The van der Waals surface area contributed by atoms with Crippen molar-refractivity contribution in [3.8, 4) is 0 Å². The Bertz CT molecular complexity index is 623. The number of hydrogen-bond acceptors (Lipinski definition) is 4. The van der Waals surface area contributed by atoms with Crippen LogP contribution in [0.15, 0.2) is 0 Å². The summed E-state index contributed by atoms with van der Waals surface area (Å²) < 4.78 is 0. The molecule has 7 aliphatic rings. The maximum absolute atomic E-state index is 13.0. The molecule has 6 nitrogen and oxygen atoms in total. The molecule has 4 aliphatic heterocycles. The van der Waals surface area contributed by atoms with Gasteiger partial charge in [-0.05, 0) is 62.2 Å². The summed E-state index contributed by atoms with van der Waals surface area (Å²) in [6.07, 6.45) is 5.64. The van der Waals surface area contributed by atoms with E-state index in [1.807, 2.05) is 0 Å². The zero-order chi connectivity index (χ0) is 17.0. The second kappa shape index (κ2) is 4.54. The summed E-state index contributed by atoms with van der Waals surface area (Å²) in [5.74, 6) is -0.184. The topological polar surface area (TPSA) is 74.8 Å². The normalized spacial score (nSPS) is 49.9. The highest BCUT2D eigenvalue weighted by Gasteiger charge is 2.64. The number of carbonyl (C=O) groups excluding carboxylic acids is 4. The Hall–Kier alpha value is -1.66. The average Bonchev–Trinajstić information content (AvgIpc) is 3.25. The van der Waals surface area contributed by atoms with Crippen LogP contribution in [0.3, 0.4) is 0 Å². The van der Waals surface area contributed by atoms with Gasteiger partial charge < -0.3 is 9.62 Å². The van der Waals surface area contributed by atoms with Gasteiger partial charge in [0.1, 0.15) is 0 Å². The van der Waals surface area contributed by atoms with Crippen LogP contribution >= 0.6 is 0 Å². The molecule has 7 rings (SSSR count). The molecule has 25 heavy (non-hydrogen) atoms. The molecule has 10 bridgehead atoms. The van der Waals surface area contributed by atoms with Crippen LogP contribution in [0.25, 0.3) is 0 Å². The van der Waals surface area contributed by atoms with Crippen LogP contribution in [0.1, 0.15) is 38.5 Å². The molecule has 7 heteroatoms. The van der Waals surface area contributed by atoms with Crippen molar-refractivity contribution in [2.75, 3.05) is 0 Å². The van der Waals surface area contributed by atoms with Gasteiger partial charge in [0.2, 0.25) is 23.6 Å². The maximum atomic E-state index is 13.0. The zero-order valence-electron chi connectivity index (χ0n) is 14.1. The van der Waals surface area contributed by atoms with E-state index >= 15 is 0 Å². The second-order valence-electron chi connectivity index (χ2n) is 9.12. The lowest BCUT2D eigenvalue weighted by molar-refractivity contribution is -0.137. The van der Waals surface area contributed by atoms with E-state index in [1.165, 1.54) is 9.62 Å². The monoisotopic (exact) mass is 340 g/mol. The van der Waals surface area contributed by atoms with Crippen LogP contribution < -0.4 is 0 Å². The van der Waals surface area contributed by atoms with Gasteiger partial charge in [-0.25, -0.2) is 0 Å². The van der Waals surface area contributed by atoms with Crippen molar-refractivity contribution in [1.82, 2.24) is 9.62 Å². The average molecular weight is 340 g/mol. The van der Waals surface area contributed by atoms with Gasteiger partial charge in [0.15, 0.2) is 0 Å². The predicted molar refractivity (Wildman–Crippen MR) is 86.5 cm³/mol. The first-order valence-corrected chi connectivity index (χ1v) is 9.76. The molecule has 8 unspecified atom stereocenters. The minimum Gasteiger partial charge on any atom is -0.309 e. The zero-order valence-corrected chi connectivity index (χ0v) is 14.1. The number of imide groups is 2.